The molecule has 3 heterocycles. The maximum atomic E-state index is 14.8. The molecule has 0 bridgehead atoms. The van der Waals surface area contributed by atoms with Gasteiger partial charge in [-0.05, 0) is 66.2 Å². The lowest BCUT2D eigenvalue weighted by atomic mass is 10.0. The van der Waals surface area contributed by atoms with Crippen LogP contribution < -0.4 is 0 Å². The van der Waals surface area contributed by atoms with Crippen LogP contribution >= 0.6 is 23.4 Å². The first-order valence-electron chi connectivity index (χ1n) is 12.0. The van der Waals surface area contributed by atoms with E-state index in [1.54, 1.807) is 24.3 Å². The van der Waals surface area contributed by atoms with Gasteiger partial charge in [-0.3, -0.25) is 19.2 Å². The molecule has 38 heavy (non-hydrogen) atoms. The number of benzene rings is 2. The fourth-order valence-corrected chi connectivity index (χ4v) is 5.94. The zero-order valence-electron chi connectivity index (χ0n) is 20.2. The van der Waals surface area contributed by atoms with Gasteiger partial charge in [0.15, 0.2) is 0 Å². The number of hydrogen-bond donors (Lipinski definition) is 0. The summed E-state index contributed by atoms with van der Waals surface area (Å²) < 4.78 is 56.8. The number of hydrogen-bond acceptors (Lipinski definition) is 5. The summed E-state index contributed by atoms with van der Waals surface area (Å²) in [5, 5.41) is 4.40. The summed E-state index contributed by atoms with van der Waals surface area (Å²) >= 11 is 6.56. The van der Waals surface area contributed by atoms with E-state index in [0.29, 0.717) is 36.0 Å². The number of thioether (sulfide) groups is 1. The van der Waals surface area contributed by atoms with Crippen LogP contribution in [0, 0.1) is 0 Å². The first-order valence-corrected chi connectivity index (χ1v) is 13.2. The number of likely N-dealkylation sites (tertiary alicyclic amines) is 1. The Balaban J connectivity index is 1.37. The van der Waals surface area contributed by atoms with E-state index in [9.17, 15) is 27.2 Å². The van der Waals surface area contributed by atoms with E-state index in [1.807, 2.05) is 11.8 Å². The topological polar surface area (TPSA) is 58.4 Å². The van der Waals surface area contributed by atoms with Crippen molar-refractivity contribution in [2.45, 2.75) is 38.3 Å². The molecule has 2 aromatic carbocycles. The van der Waals surface area contributed by atoms with Crippen molar-refractivity contribution in [3.63, 3.8) is 0 Å². The zero-order valence-corrected chi connectivity index (χ0v) is 21.8. The zero-order chi connectivity index (χ0) is 27.2. The van der Waals surface area contributed by atoms with Gasteiger partial charge in [-0.25, -0.2) is 4.39 Å². The third kappa shape index (κ3) is 5.19. The van der Waals surface area contributed by atoms with E-state index in [1.165, 1.54) is 23.0 Å². The molecule has 0 N–H and O–H groups in total. The van der Waals surface area contributed by atoms with E-state index in [2.05, 4.69) is 5.10 Å². The average molecular weight is 567 g/mol. The monoisotopic (exact) mass is 566 g/mol. The summed E-state index contributed by atoms with van der Waals surface area (Å²) in [7, 11) is 0. The molecule has 2 unspecified atom stereocenters. The van der Waals surface area contributed by atoms with E-state index in [4.69, 9.17) is 11.6 Å². The Morgan fingerprint density at radius 3 is 2.68 bits per heavy atom. The number of fused-ring (bicyclic) bond motifs is 1. The number of alkyl halides is 4. The molecule has 0 spiro atoms. The average Bonchev–Trinajstić information content (AvgIpc) is 3.38. The molecule has 0 aliphatic carbocycles. The fraction of sp³-hybridized carbons (Fsp3) is 0.346. The van der Waals surface area contributed by atoms with Gasteiger partial charge < -0.3 is 4.90 Å². The lowest BCUT2D eigenvalue weighted by molar-refractivity contribution is -0.138. The molecule has 1 aromatic heterocycles. The highest BCUT2D eigenvalue weighted by Crippen LogP contribution is 2.37. The van der Waals surface area contributed by atoms with Crippen LogP contribution in [0.1, 0.15) is 30.0 Å². The second kappa shape index (κ2) is 10.3. The number of carbonyl (C=O) groups excluding carboxylic acids is 2. The Morgan fingerprint density at radius 2 is 1.97 bits per heavy atom. The molecular weight excluding hydrogens is 544 g/mol. The minimum atomic E-state index is -4.56. The molecule has 0 radical (unpaired) electrons. The Bertz CT molecular complexity index is 1440. The van der Waals surface area contributed by atoms with E-state index >= 15 is 0 Å². The predicted molar refractivity (Wildman–Crippen MR) is 139 cm³/mol. The molecule has 2 amide bonds. The van der Waals surface area contributed by atoms with Gasteiger partial charge in [-0.15, -0.1) is 0 Å². The van der Waals surface area contributed by atoms with Gasteiger partial charge in [0, 0.05) is 23.5 Å². The molecule has 12 heteroatoms. The summed E-state index contributed by atoms with van der Waals surface area (Å²) in [5.74, 6) is -0.518. The molecule has 2 atom stereocenters. The summed E-state index contributed by atoms with van der Waals surface area (Å²) in [6, 6.07) is 7.96. The van der Waals surface area contributed by atoms with Crippen molar-refractivity contribution < 1.29 is 27.2 Å². The summed E-state index contributed by atoms with van der Waals surface area (Å²) in [4.78, 5) is 28.9. The smallest absolute Gasteiger partial charge is 0.301 e. The van der Waals surface area contributed by atoms with Crippen molar-refractivity contribution in [3.8, 4) is 0 Å². The first kappa shape index (κ1) is 26.7. The van der Waals surface area contributed by atoms with Crippen LogP contribution in [-0.2, 0) is 17.5 Å². The van der Waals surface area contributed by atoms with Crippen LogP contribution in [0.2, 0.25) is 5.02 Å². The summed E-state index contributed by atoms with van der Waals surface area (Å²) in [6.45, 7) is 3.33. The van der Waals surface area contributed by atoms with Gasteiger partial charge in [0.1, 0.15) is 6.17 Å². The van der Waals surface area contributed by atoms with Crippen LogP contribution in [0.3, 0.4) is 0 Å². The van der Waals surface area contributed by atoms with Gasteiger partial charge >= 0.3 is 6.18 Å². The lowest BCUT2D eigenvalue weighted by Gasteiger charge is -2.37. The van der Waals surface area contributed by atoms with E-state index in [-0.39, 0.29) is 28.6 Å². The number of imide groups is 1. The number of rotatable bonds is 5. The molecule has 2 fully saturated rings. The van der Waals surface area contributed by atoms with Crippen LogP contribution in [-0.4, -0.2) is 62.6 Å². The Morgan fingerprint density at radius 1 is 1.18 bits per heavy atom. The molecular formula is C26H23ClF4N4O2S. The molecule has 2 aliphatic rings. The molecule has 5 rings (SSSR count). The normalized spacial score (nSPS) is 22.3. The summed E-state index contributed by atoms with van der Waals surface area (Å²) in [6.07, 6.45) is -2.39. The van der Waals surface area contributed by atoms with Crippen LogP contribution in [0.25, 0.3) is 17.0 Å². The number of piperidine rings is 1. The van der Waals surface area contributed by atoms with Crippen molar-refractivity contribution >= 4 is 51.5 Å². The van der Waals surface area contributed by atoms with Gasteiger partial charge in [-0.2, -0.15) is 18.3 Å². The second-order valence-electron chi connectivity index (χ2n) is 9.24. The minimum Gasteiger partial charge on any atom is -0.301 e. The molecule has 0 saturated carbocycles. The minimum absolute atomic E-state index is 0.00564. The highest BCUT2D eigenvalue weighted by atomic mass is 35.5. The predicted octanol–water partition coefficient (Wildman–Crippen LogP) is 6.23. The van der Waals surface area contributed by atoms with Gasteiger partial charge in [0.25, 0.3) is 11.1 Å². The van der Waals surface area contributed by atoms with Crippen LogP contribution in [0.4, 0.5) is 22.4 Å². The van der Waals surface area contributed by atoms with Gasteiger partial charge in [0.05, 0.1) is 34.8 Å². The van der Waals surface area contributed by atoms with Crippen molar-refractivity contribution in [2.75, 3.05) is 19.6 Å². The maximum Gasteiger partial charge on any atom is 0.416 e. The number of amides is 2. The highest BCUT2D eigenvalue weighted by Gasteiger charge is 2.44. The lowest BCUT2D eigenvalue weighted by Crippen LogP contribution is -2.53. The van der Waals surface area contributed by atoms with Crippen molar-refractivity contribution in [1.82, 2.24) is 19.6 Å². The number of nitrogens with zero attached hydrogens (tertiary/aromatic N) is 4. The third-order valence-electron chi connectivity index (χ3n) is 6.85. The number of halogens is 5. The SMILES string of the molecule is CCN1CCC(N2C(=O)SC(=Cc3ccc4c(cnn4Cc4ccc(Cl)cc4C(F)(F)F)c3)C2=O)C(F)C1. The Hall–Kier alpha value is -2.89. The second-order valence-corrected chi connectivity index (χ2v) is 10.7. The largest absolute Gasteiger partial charge is 0.416 e. The fourth-order valence-electron chi connectivity index (χ4n) is 4.88. The van der Waals surface area contributed by atoms with Gasteiger partial charge in [0.2, 0.25) is 0 Å². The Labute approximate surface area is 225 Å². The number of carbonyl (C=O) groups is 2. The molecule has 3 aromatic rings. The molecule has 2 aliphatic heterocycles. The maximum absolute atomic E-state index is 14.8. The van der Waals surface area contributed by atoms with Crippen molar-refractivity contribution in [3.05, 3.63) is 69.2 Å². The van der Waals surface area contributed by atoms with Crippen molar-refractivity contribution in [2.24, 2.45) is 0 Å². The third-order valence-corrected chi connectivity index (χ3v) is 7.97. The van der Waals surface area contributed by atoms with Crippen molar-refractivity contribution in [1.29, 1.82) is 0 Å². The number of aromatic nitrogens is 2. The highest BCUT2D eigenvalue weighted by molar-refractivity contribution is 8.18. The van der Waals surface area contributed by atoms with E-state index < -0.39 is 35.1 Å². The standard InChI is InChI=1S/C26H23ClF4N4O2S/c1-2-33-8-7-22(20(28)14-33)35-24(36)23(38-25(35)37)10-15-3-6-21-17(9-15)12-32-34(21)13-16-4-5-18(27)11-19(16)26(29,30)31/h3-6,9-12,20,22H,2,7-8,13-14H2,1H3. The molecule has 6 nitrogen and oxygen atoms in total. The first-order chi connectivity index (χ1) is 18.0. The quantitative estimate of drug-likeness (QED) is 0.271. The molecule has 2 saturated heterocycles. The van der Waals surface area contributed by atoms with E-state index in [0.717, 1.165) is 22.7 Å². The Kier molecular flexibility index (Phi) is 7.27. The summed E-state index contributed by atoms with van der Waals surface area (Å²) in [5.41, 5.74) is 0.418. The molecule has 200 valence electrons. The van der Waals surface area contributed by atoms with Crippen LogP contribution in [0.5, 0.6) is 0 Å². The van der Waals surface area contributed by atoms with Gasteiger partial charge in [-0.1, -0.05) is 30.7 Å². The van der Waals surface area contributed by atoms with Crippen LogP contribution in [0.15, 0.2) is 47.5 Å².